The maximum Gasteiger partial charge on any atom is 0.269 e. The number of nitrogens with zero attached hydrogens (tertiary/aromatic N) is 3. The minimum absolute atomic E-state index is 0.0533. The first-order valence-electron chi connectivity index (χ1n) is 5.81. The molecule has 0 amide bonds. The predicted octanol–water partition coefficient (Wildman–Crippen LogP) is 3.10. The number of rotatable bonds is 5. The third-order valence-corrected chi connectivity index (χ3v) is 3.59. The van der Waals surface area contributed by atoms with Crippen molar-refractivity contribution in [1.82, 2.24) is 4.98 Å². The minimum atomic E-state index is -0.441. The standard InChI is InChI=1S/C13H12N3O3S/c1-9-10(2)20-13(15-9)7-14-19-8-11-3-5-12(6-4-11)16(17)18/h3-6H,8H2,1-2H3. The monoisotopic (exact) mass is 290 g/mol. The topological polar surface area (TPSA) is 77.6 Å². The Balaban J connectivity index is 1.87. The number of aryl methyl sites for hydroxylation is 2. The summed E-state index contributed by atoms with van der Waals surface area (Å²) in [5.41, 5.74) is 1.81. The number of nitro benzene ring substituents is 1. The molecule has 2 aromatic rings. The van der Waals surface area contributed by atoms with Crippen molar-refractivity contribution >= 4 is 23.2 Å². The smallest absolute Gasteiger partial charge is 0.269 e. The Morgan fingerprint density at radius 3 is 2.65 bits per heavy atom. The summed E-state index contributed by atoms with van der Waals surface area (Å²) in [5, 5.41) is 14.9. The molecule has 7 heteroatoms. The maximum absolute atomic E-state index is 10.5. The summed E-state index contributed by atoms with van der Waals surface area (Å²) in [7, 11) is 0. The molecule has 0 aliphatic heterocycles. The van der Waals surface area contributed by atoms with Crippen LogP contribution in [0.3, 0.4) is 0 Å². The van der Waals surface area contributed by atoms with E-state index in [0.717, 1.165) is 16.1 Å². The highest BCUT2D eigenvalue weighted by Gasteiger charge is 2.04. The number of nitro groups is 1. The van der Waals surface area contributed by atoms with E-state index in [1.165, 1.54) is 23.5 Å². The highest BCUT2D eigenvalue weighted by atomic mass is 32.1. The molecule has 0 N–H and O–H groups in total. The lowest BCUT2D eigenvalue weighted by Crippen LogP contribution is -1.91. The average Bonchev–Trinajstić information content (AvgIpc) is 2.74. The molecule has 0 bridgehead atoms. The van der Waals surface area contributed by atoms with Crippen LogP contribution in [0.1, 0.15) is 21.1 Å². The second-order valence-corrected chi connectivity index (χ2v) is 5.26. The van der Waals surface area contributed by atoms with Gasteiger partial charge >= 0.3 is 0 Å². The Hall–Kier alpha value is -2.28. The summed E-state index contributed by atoms with van der Waals surface area (Å²) >= 11 is 1.49. The van der Waals surface area contributed by atoms with Gasteiger partial charge in [0.05, 0.1) is 10.6 Å². The Kier molecular flexibility index (Phi) is 4.41. The van der Waals surface area contributed by atoms with Crippen LogP contribution in [0.2, 0.25) is 0 Å². The second-order valence-electron chi connectivity index (χ2n) is 4.06. The van der Waals surface area contributed by atoms with Gasteiger partial charge in [0.2, 0.25) is 0 Å². The number of benzene rings is 1. The molecule has 1 aromatic heterocycles. The van der Waals surface area contributed by atoms with Crippen LogP contribution in [0.25, 0.3) is 0 Å². The molecular formula is C13H12N3O3S. The Morgan fingerprint density at radius 1 is 1.40 bits per heavy atom. The van der Waals surface area contributed by atoms with Gasteiger partial charge in [-0.05, 0) is 31.5 Å². The van der Waals surface area contributed by atoms with Gasteiger partial charge in [-0.3, -0.25) is 10.1 Å². The largest absolute Gasteiger partial charge is 0.390 e. The van der Waals surface area contributed by atoms with E-state index in [-0.39, 0.29) is 12.3 Å². The van der Waals surface area contributed by atoms with Crippen molar-refractivity contribution in [2.45, 2.75) is 20.5 Å². The molecular weight excluding hydrogens is 278 g/mol. The fourth-order valence-corrected chi connectivity index (χ4v) is 2.16. The van der Waals surface area contributed by atoms with Crippen molar-refractivity contribution < 1.29 is 9.76 Å². The summed E-state index contributed by atoms with van der Waals surface area (Å²) in [6.07, 6.45) is 2.71. The highest BCUT2D eigenvalue weighted by molar-refractivity contribution is 7.13. The van der Waals surface area contributed by atoms with Gasteiger partial charge in [0, 0.05) is 17.0 Å². The zero-order valence-corrected chi connectivity index (χ0v) is 11.8. The molecule has 0 aliphatic carbocycles. The van der Waals surface area contributed by atoms with E-state index >= 15 is 0 Å². The van der Waals surface area contributed by atoms with Crippen molar-refractivity contribution in [2.75, 3.05) is 0 Å². The molecule has 20 heavy (non-hydrogen) atoms. The van der Waals surface area contributed by atoms with Crippen molar-refractivity contribution in [3.05, 3.63) is 55.5 Å². The average molecular weight is 290 g/mol. The minimum Gasteiger partial charge on any atom is -0.390 e. The first-order valence-corrected chi connectivity index (χ1v) is 6.63. The van der Waals surface area contributed by atoms with Crippen LogP contribution < -0.4 is 0 Å². The van der Waals surface area contributed by atoms with Crippen LogP contribution in [0.5, 0.6) is 0 Å². The van der Waals surface area contributed by atoms with Gasteiger partial charge in [-0.1, -0.05) is 5.16 Å². The Labute approximate surface area is 119 Å². The lowest BCUT2D eigenvalue weighted by molar-refractivity contribution is -0.384. The van der Waals surface area contributed by atoms with E-state index in [0.29, 0.717) is 5.01 Å². The number of hydrogen-bond acceptors (Lipinski definition) is 6. The summed E-state index contributed by atoms with van der Waals surface area (Å²) in [4.78, 5) is 20.5. The molecule has 2 rings (SSSR count). The van der Waals surface area contributed by atoms with E-state index in [9.17, 15) is 10.1 Å². The highest BCUT2D eigenvalue weighted by Crippen LogP contribution is 2.15. The first kappa shape index (κ1) is 14.1. The third kappa shape index (κ3) is 3.61. The maximum atomic E-state index is 10.5. The van der Waals surface area contributed by atoms with Gasteiger partial charge < -0.3 is 4.84 Å². The molecule has 0 atom stereocenters. The Bertz CT molecular complexity index is 615. The zero-order valence-electron chi connectivity index (χ0n) is 11.0. The molecule has 0 unspecified atom stereocenters. The number of aromatic nitrogens is 1. The van der Waals surface area contributed by atoms with E-state index in [1.807, 2.05) is 13.8 Å². The summed E-state index contributed by atoms with van der Waals surface area (Å²) in [6.45, 7) is 4.14. The normalized spacial score (nSPS) is 10.9. The van der Waals surface area contributed by atoms with Gasteiger partial charge in [-0.15, -0.1) is 11.3 Å². The molecule has 0 saturated carbocycles. The number of hydrogen-bond donors (Lipinski definition) is 0. The lowest BCUT2D eigenvalue weighted by atomic mass is 10.2. The summed E-state index contributed by atoms with van der Waals surface area (Å²) in [5.74, 6) is 0. The SMILES string of the molecule is Cc1nc(/[C]=N/OCc2ccc([N+](=O)[O-])cc2)sc1C. The van der Waals surface area contributed by atoms with Gasteiger partial charge in [-0.25, -0.2) is 4.98 Å². The summed E-state index contributed by atoms with van der Waals surface area (Å²) < 4.78 is 0. The van der Waals surface area contributed by atoms with Crippen LogP contribution >= 0.6 is 11.3 Å². The molecule has 1 radical (unpaired) electrons. The van der Waals surface area contributed by atoms with Crippen LogP contribution in [0.15, 0.2) is 29.4 Å². The van der Waals surface area contributed by atoms with Gasteiger partial charge in [0.15, 0.2) is 6.21 Å². The number of thiazole rings is 1. The second kappa shape index (κ2) is 6.25. The first-order chi connectivity index (χ1) is 9.56. The van der Waals surface area contributed by atoms with E-state index in [4.69, 9.17) is 4.84 Å². The van der Waals surface area contributed by atoms with Crippen molar-refractivity contribution in [2.24, 2.45) is 5.16 Å². The molecule has 0 aliphatic rings. The quantitative estimate of drug-likeness (QED) is 0.481. The van der Waals surface area contributed by atoms with Crippen molar-refractivity contribution in [3.63, 3.8) is 0 Å². The van der Waals surface area contributed by atoms with Crippen molar-refractivity contribution in [3.8, 4) is 0 Å². The van der Waals surface area contributed by atoms with Crippen LogP contribution in [0.4, 0.5) is 5.69 Å². The van der Waals surface area contributed by atoms with E-state index in [2.05, 4.69) is 16.4 Å². The molecule has 0 spiro atoms. The zero-order chi connectivity index (χ0) is 14.5. The molecule has 1 heterocycles. The van der Waals surface area contributed by atoms with Crippen LogP contribution in [-0.2, 0) is 11.4 Å². The fourth-order valence-electron chi connectivity index (χ4n) is 1.41. The van der Waals surface area contributed by atoms with Crippen LogP contribution in [-0.4, -0.2) is 16.1 Å². The van der Waals surface area contributed by atoms with Gasteiger partial charge in [0.1, 0.15) is 11.6 Å². The summed E-state index contributed by atoms with van der Waals surface area (Å²) in [6, 6.07) is 6.12. The molecule has 0 saturated heterocycles. The van der Waals surface area contributed by atoms with Crippen LogP contribution in [0, 0.1) is 24.0 Å². The predicted molar refractivity (Wildman–Crippen MR) is 76.0 cm³/mol. The number of non-ortho nitro benzene ring substituents is 1. The molecule has 103 valence electrons. The fraction of sp³-hybridized carbons (Fsp3) is 0.231. The molecule has 6 nitrogen and oxygen atoms in total. The Morgan fingerprint density at radius 2 is 2.10 bits per heavy atom. The van der Waals surface area contributed by atoms with Gasteiger partial charge in [0.25, 0.3) is 5.69 Å². The molecule has 0 fully saturated rings. The van der Waals surface area contributed by atoms with Gasteiger partial charge in [-0.2, -0.15) is 0 Å². The van der Waals surface area contributed by atoms with Crippen molar-refractivity contribution in [1.29, 1.82) is 0 Å². The van der Waals surface area contributed by atoms with E-state index in [1.54, 1.807) is 12.1 Å². The van der Waals surface area contributed by atoms with E-state index < -0.39 is 4.92 Å². The third-order valence-electron chi connectivity index (χ3n) is 2.61. The molecule has 1 aromatic carbocycles. The lowest BCUT2D eigenvalue weighted by Gasteiger charge is -1.98.